The Morgan fingerprint density at radius 3 is 3.18 bits per heavy atom. The van der Waals surface area contributed by atoms with E-state index in [1.165, 1.54) is 5.01 Å². The van der Waals surface area contributed by atoms with E-state index in [1.807, 2.05) is 31.2 Å². The topological polar surface area (TPSA) is 83.5 Å². The molecule has 2 aromatic rings. The fourth-order valence-electron chi connectivity index (χ4n) is 3.54. The van der Waals surface area contributed by atoms with E-state index in [9.17, 15) is 4.79 Å². The zero-order chi connectivity index (χ0) is 19.1. The lowest BCUT2D eigenvalue weighted by Gasteiger charge is -2.29. The van der Waals surface area contributed by atoms with Crippen LogP contribution < -0.4 is 4.74 Å². The standard InChI is InChI=1S/C20H19N5O2S/c1-12-8-19(24-23-12)28-15-3-4-16-13(9-15)10-21-25(20(16)26)11-14-2-5-18-17(22-14)6-7-27-18/h2-3,5,8-10,16H,4,6-7,11H2,1H3,(H,23,24). The molecular weight excluding hydrogens is 374 g/mol. The van der Waals surface area contributed by atoms with Crippen LogP contribution in [-0.4, -0.2) is 38.9 Å². The number of rotatable bonds is 4. The predicted octanol–water partition coefficient (Wildman–Crippen LogP) is 3.00. The highest BCUT2D eigenvalue weighted by molar-refractivity contribution is 8.03. The molecule has 4 heterocycles. The number of thioether (sulfide) groups is 1. The SMILES string of the molecule is Cc1cc(SC2=CCC3C(=O)N(Cc4ccc5c(n4)CCO5)N=CC3=C2)n[nH]1. The highest BCUT2D eigenvalue weighted by Crippen LogP contribution is 2.35. The Hall–Kier alpha value is -2.87. The fourth-order valence-corrected chi connectivity index (χ4v) is 4.48. The number of amides is 1. The molecule has 0 saturated carbocycles. The zero-order valence-corrected chi connectivity index (χ0v) is 16.2. The number of hydrogen-bond donors (Lipinski definition) is 1. The number of fused-ring (bicyclic) bond motifs is 2. The van der Waals surface area contributed by atoms with E-state index in [0.29, 0.717) is 19.6 Å². The van der Waals surface area contributed by atoms with Crippen LogP contribution in [0.1, 0.15) is 23.5 Å². The highest BCUT2D eigenvalue weighted by atomic mass is 32.2. The van der Waals surface area contributed by atoms with Crippen LogP contribution in [0.25, 0.3) is 0 Å². The maximum Gasteiger partial charge on any atom is 0.250 e. The van der Waals surface area contributed by atoms with Crippen molar-refractivity contribution in [3.05, 3.63) is 57.9 Å². The predicted molar refractivity (Wildman–Crippen MR) is 106 cm³/mol. The number of H-pyrrole nitrogens is 1. The van der Waals surface area contributed by atoms with Gasteiger partial charge in [0.1, 0.15) is 10.8 Å². The van der Waals surface area contributed by atoms with Gasteiger partial charge in [0.05, 0.1) is 36.7 Å². The van der Waals surface area contributed by atoms with Crippen molar-refractivity contribution in [1.82, 2.24) is 20.2 Å². The largest absolute Gasteiger partial charge is 0.491 e. The molecule has 0 spiro atoms. The number of hydrogen-bond acceptors (Lipinski definition) is 6. The summed E-state index contributed by atoms with van der Waals surface area (Å²) in [6.07, 6.45) is 7.42. The van der Waals surface area contributed by atoms with Crippen molar-refractivity contribution in [1.29, 1.82) is 0 Å². The van der Waals surface area contributed by atoms with Crippen LogP contribution in [-0.2, 0) is 17.8 Å². The third-order valence-corrected chi connectivity index (χ3v) is 5.91. The first-order valence-corrected chi connectivity index (χ1v) is 10.1. The molecule has 28 heavy (non-hydrogen) atoms. The van der Waals surface area contributed by atoms with Crippen LogP contribution in [0.15, 0.2) is 51.0 Å². The Bertz CT molecular complexity index is 1040. The van der Waals surface area contributed by atoms with Gasteiger partial charge in [-0.25, -0.2) is 5.01 Å². The van der Waals surface area contributed by atoms with Crippen molar-refractivity contribution in [3.8, 4) is 5.75 Å². The summed E-state index contributed by atoms with van der Waals surface area (Å²) >= 11 is 1.59. The number of carbonyl (C=O) groups excluding carboxylic acids is 1. The summed E-state index contributed by atoms with van der Waals surface area (Å²) in [6.45, 7) is 3.03. The van der Waals surface area contributed by atoms with Gasteiger partial charge in [-0.2, -0.15) is 10.2 Å². The van der Waals surface area contributed by atoms with Crippen molar-refractivity contribution in [2.75, 3.05) is 6.61 Å². The summed E-state index contributed by atoms with van der Waals surface area (Å²) in [5, 5.41) is 14.0. The minimum Gasteiger partial charge on any atom is -0.491 e. The Labute approximate surface area is 166 Å². The van der Waals surface area contributed by atoms with E-state index in [-0.39, 0.29) is 11.8 Å². The van der Waals surface area contributed by atoms with Gasteiger partial charge in [0, 0.05) is 17.0 Å². The minimum absolute atomic E-state index is 0.0169. The molecule has 8 heteroatoms. The lowest BCUT2D eigenvalue weighted by Crippen LogP contribution is -2.37. The van der Waals surface area contributed by atoms with E-state index in [1.54, 1.807) is 18.0 Å². The quantitative estimate of drug-likeness (QED) is 0.863. The van der Waals surface area contributed by atoms with Crippen molar-refractivity contribution in [2.24, 2.45) is 11.0 Å². The molecule has 7 nitrogen and oxygen atoms in total. The van der Waals surface area contributed by atoms with Gasteiger partial charge in [-0.3, -0.25) is 14.9 Å². The normalized spacial score (nSPS) is 20.4. The number of aryl methyl sites for hydroxylation is 1. The van der Waals surface area contributed by atoms with E-state index in [2.05, 4.69) is 26.4 Å². The molecule has 1 unspecified atom stereocenters. The van der Waals surface area contributed by atoms with Gasteiger partial charge in [-0.05, 0) is 43.2 Å². The number of pyridine rings is 1. The summed E-state index contributed by atoms with van der Waals surface area (Å²) in [6, 6.07) is 5.84. The smallest absolute Gasteiger partial charge is 0.250 e. The Morgan fingerprint density at radius 2 is 2.32 bits per heavy atom. The molecule has 142 valence electrons. The molecule has 2 aliphatic heterocycles. The number of allylic oxidation sites excluding steroid dienone is 2. The third-order valence-electron chi connectivity index (χ3n) is 4.97. The van der Waals surface area contributed by atoms with Gasteiger partial charge in [0.15, 0.2) is 0 Å². The van der Waals surface area contributed by atoms with Crippen LogP contribution in [0.3, 0.4) is 0 Å². The monoisotopic (exact) mass is 393 g/mol. The molecule has 0 radical (unpaired) electrons. The second kappa shape index (κ2) is 6.94. The second-order valence-corrected chi connectivity index (χ2v) is 8.11. The summed E-state index contributed by atoms with van der Waals surface area (Å²) in [5.41, 5.74) is 3.77. The fraction of sp³-hybridized carbons (Fsp3) is 0.300. The van der Waals surface area contributed by atoms with Crippen LogP contribution in [0.4, 0.5) is 0 Å². The summed E-state index contributed by atoms with van der Waals surface area (Å²) in [5.74, 6) is 0.681. The van der Waals surface area contributed by atoms with Crippen molar-refractivity contribution < 1.29 is 9.53 Å². The molecule has 1 aliphatic carbocycles. The van der Waals surface area contributed by atoms with Crippen LogP contribution in [0.5, 0.6) is 5.75 Å². The second-order valence-electron chi connectivity index (χ2n) is 7.02. The van der Waals surface area contributed by atoms with Gasteiger partial charge in [-0.15, -0.1) is 0 Å². The molecular formula is C20H19N5O2S. The molecule has 2 aromatic heterocycles. The molecule has 0 bridgehead atoms. The molecule has 1 atom stereocenters. The number of aromatic amines is 1. The van der Waals surface area contributed by atoms with Crippen LogP contribution >= 0.6 is 11.8 Å². The van der Waals surface area contributed by atoms with Gasteiger partial charge in [0.25, 0.3) is 5.91 Å². The molecule has 5 rings (SSSR count). The van der Waals surface area contributed by atoms with Gasteiger partial charge in [-0.1, -0.05) is 17.8 Å². The van der Waals surface area contributed by atoms with E-state index < -0.39 is 0 Å². The van der Waals surface area contributed by atoms with Gasteiger partial charge in [0.2, 0.25) is 0 Å². The van der Waals surface area contributed by atoms with Crippen LogP contribution in [0.2, 0.25) is 0 Å². The first kappa shape index (κ1) is 17.2. The number of aromatic nitrogens is 3. The number of nitrogens with one attached hydrogen (secondary N) is 1. The Kier molecular flexibility index (Phi) is 4.27. The minimum atomic E-state index is -0.180. The average Bonchev–Trinajstić information content (AvgIpc) is 3.32. The number of carbonyl (C=O) groups is 1. The Balaban J connectivity index is 1.31. The Morgan fingerprint density at radius 1 is 1.39 bits per heavy atom. The summed E-state index contributed by atoms with van der Waals surface area (Å²) < 4.78 is 5.49. The summed E-state index contributed by atoms with van der Waals surface area (Å²) in [4.78, 5) is 18.6. The van der Waals surface area contributed by atoms with E-state index in [4.69, 9.17) is 4.74 Å². The zero-order valence-electron chi connectivity index (χ0n) is 15.4. The number of ether oxygens (including phenoxy) is 1. The maximum absolute atomic E-state index is 12.9. The number of hydrazone groups is 1. The van der Waals surface area contributed by atoms with Crippen molar-refractivity contribution in [3.63, 3.8) is 0 Å². The molecule has 1 amide bonds. The lowest BCUT2D eigenvalue weighted by molar-refractivity contribution is -0.135. The molecule has 0 fully saturated rings. The van der Waals surface area contributed by atoms with Crippen molar-refractivity contribution in [2.45, 2.75) is 31.3 Å². The molecule has 0 saturated heterocycles. The number of nitrogens with zero attached hydrogens (tertiary/aromatic N) is 4. The van der Waals surface area contributed by atoms with Gasteiger partial charge < -0.3 is 4.74 Å². The molecule has 3 aliphatic rings. The summed E-state index contributed by atoms with van der Waals surface area (Å²) in [7, 11) is 0. The molecule has 1 N–H and O–H groups in total. The van der Waals surface area contributed by atoms with E-state index >= 15 is 0 Å². The van der Waals surface area contributed by atoms with E-state index in [0.717, 1.165) is 44.8 Å². The van der Waals surface area contributed by atoms with Gasteiger partial charge >= 0.3 is 0 Å². The maximum atomic E-state index is 12.9. The lowest BCUT2D eigenvalue weighted by atomic mass is 9.90. The first-order chi connectivity index (χ1) is 13.7. The van der Waals surface area contributed by atoms with Crippen molar-refractivity contribution >= 4 is 23.9 Å². The first-order valence-electron chi connectivity index (χ1n) is 9.24. The average molecular weight is 393 g/mol. The third kappa shape index (κ3) is 3.24. The highest BCUT2D eigenvalue weighted by Gasteiger charge is 2.32. The van der Waals surface area contributed by atoms with Crippen LogP contribution in [0, 0.1) is 12.8 Å². The molecule has 0 aromatic carbocycles.